The van der Waals surface area contributed by atoms with E-state index in [0.29, 0.717) is 18.7 Å². The molecule has 3 aromatic carbocycles. The second-order valence-corrected chi connectivity index (χ2v) is 8.68. The number of alkyl carbamates (subject to hydrolysis) is 1. The van der Waals surface area contributed by atoms with Gasteiger partial charge >= 0.3 is 12.1 Å². The average molecular weight is 456 g/mol. The summed E-state index contributed by atoms with van der Waals surface area (Å²) in [5.74, 6) is -1.28. The highest BCUT2D eigenvalue weighted by Crippen LogP contribution is 2.44. The van der Waals surface area contributed by atoms with Crippen molar-refractivity contribution in [2.45, 2.75) is 12.3 Å². The van der Waals surface area contributed by atoms with E-state index in [1.807, 2.05) is 24.3 Å². The van der Waals surface area contributed by atoms with Gasteiger partial charge in [0.25, 0.3) is 0 Å². The average Bonchev–Trinajstić information content (AvgIpc) is 3.57. The zero-order chi connectivity index (χ0) is 23.7. The number of anilines is 1. The molecule has 2 aliphatic rings. The molecule has 0 bridgehead atoms. The van der Waals surface area contributed by atoms with E-state index in [1.54, 1.807) is 12.1 Å². The summed E-state index contributed by atoms with van der Waals surface area (Å²) in [6.07, 6.45) is 0.195. The third-order valence-corrected chi connectivity index (χ3v) is 6.51. The number of rotatable bonds is 7. The Balaban J connectivity index is 1.09. The van der Waals surface area contributed by atoms with E-state index in [0.717, 1.165) is 11.1 Å². The fourth-order valence-electron chi connectivity index (χ4n) is 4.59. The lowest BCUT2D eigenvalue weighted by atomic mass is 9.98. The quantitative estimate of drug-likeness (QED) is 0.486. The lowest BCUT2D eigenvalue weighted by Crippen LogP contribution is -2.29. The molecular formula is C27H24N2O5. The van der Waals surface area contributed by atoms with Gasteiger partial charge < -0.3 is 20.5 Å². The molecule has 3 N–H and O–H groups in total. The van der Waals surface area contributed by atoms with Gasteiger partial charge in [0.15, 0.2) is 0 Å². The molecule has 7 nitrogen and oxygen atoms in total. The summed E-state index contributed by atoms with van der Waals surface area (Å²) >= 11 is 0. The fourth-order valence-corrected chi connectivity index (χ4v) is 4.59. The number of hydrogen-bond acceptors (Lipinski definition) is 4. The van der Waals surface area contributed by atoms with Gasteiger partial charge in [-0.25, -0.2) is 9.59 Å². The number of hydrogen-bond donors (Lipinski definition) is 3. The molecule has 0 unspecified atom stereocenters. The van der Waals surface area contributed by atoms with Crippen LogP contribution in [0.3, 0.4) is 0 Å². The fraction of sp³-hybridized carbons (Fsp3) is 0.222. The van der Waals surface area contributed by atoms with Crippen LogP contribution < -0.4 is 10.6 Å². The first-order chi connectivity index (χ1) is 16.5. The summed E-state index contributed by atoms with van der Waals surface area (Å²) in [7, 11) is 0. The molecular weight excluding hydrogens is 432 g/mol. The van der Waals surface area contributed by atoms with Gasteiger partial charge in [0.1, 0.15) is 6.61 Å². The molecule has 3 aromatic rings. The highest BCUT2D eigenvalue weighted by molar-refractivity contribution is 5.95. The van der Waals surface area contributed by atoms with Gasteiger partial charge in [-0.2, -0.15) is 0 Å². The highest BCUT2D eigenvalue weighted by Gasteiger charge is 2.43. The molecule has 1 fully saturated rings. The van der Waals surface area contributed by atoms with E-state index in [-0.39, 0.29) is 35.8 Å². The molecule has 0 heterocycles. The van der Waals surface area contributed by atoms with Crippen molar-refractivity contribution in [1.82, 2.24) is 5.32 Å². The molecule has 34 heavy (non-hydrogen) atoms. The predicted octanol–water partition coefficient (Wildman–Crippen LogP) is 4.50. The third-order valence-electron chi connectivity index (χ3n) is 6.51. The van der Waals surface area contributed by atoms with Crippen molar-refractivity contribution in [2.75, 3.05) is 18.5 Å². The Bertz CT molecular complexity index is 1210. The smallest absolute Gasteiger partial charge is 0.407 e. The van der Waals surface area contributed by atoms with Crippen molar-refractivity contribution in [3.63, 3.8) is 0 Å². The maximum atomic E-state index is 12.4. The van der Waals surface area contributed by atoms with Crippen LogP contribution in [-0.4, -0.2) is 36.2 Å². The summed E-state index contributed by atoms with van der Waals surface area (Å²) in [4.78, 5) is 35.7. The molecule has 2 aliphatic carbocycles. The number of carbonyl (C=O) groups is 3. The van der Waals surface area contributed by atoms with Gasteiger partial charge in [0, 0.05) is 24.1 Å². The summed E-state index contributed by atoms with van der Waals surface area (Å²) < 4.78 is 5.54. The van der Waals surface area contributed by atoms with Gasteiger partial charge in [-0.3, -0.25) is 4.79 Å². The summed E-state index contributed by atoms with van der Waals surface area (Å²) in [6.45, 7) is 0.619. The zero-order valence-electron chi connectivity index (χ0n) is 18.4. The number of benzene rings is 3. The molecule has 0 spiro atoms. The summed E-state index contributed by atoms with van der Waals surface area (Å²) in [5.41, 5.74) is 5.38. The van der Waals surface area contributed by atoms with Crippen LogP contribution in [0.1, 0.15) is 33.8 Å². The molecule has 7 heteroatoms. The molecule has 2 atom stereocenters. The Kier molecular flexibility index (Phi) is 5.76. The van der Waals surface area contributed by atoms with Crippen molar-refractivity contribution in [3.05, 3.63) is 89.5 Å². The van der Waals surface area contributed by atoms with Gasteiger partial charge in [-0.05, 0) is 58.9 Å². The number of aromatic carboxylic acids is 1. The SMILES string of the molecule is O=C(NC[C@H]1C[C@H]1C(=O)Nc1ccc(C(=O)O)cc1)OCC1c2ccccc2-c2ccccc21. The van der Waals surface area contributed by atoms with Crippen LogP contribution in [-0.2, 0) is 9.53 Å². The Labute approximate surface area is 196 Å². The normalized spacial score (nSPS) is 17.9. The third kappa shape index (κ3) is 4.37. The van der Waals surface area contributed by atoms with E-state index in [4.69, 9.17) is 9.84 Å². The number of ether oxygens (including phenoxy) is 1. The Morgan fingerprint density at radius 1 is 0.882 bits per heavy atom. The first-order valence-electron chi connectivity index (χ1n) is 11.2. The van der Waals surface area contributed by atoms with Crippen LogP contribution in [0.15, 0.2) is 72.8 Å². The van der Waals surface area contributed by atoms with E-state index in [9.17, 15) is 14.4 Å². The first-order valence-corrected chi connectivity index (χ1v) is 11.2. The van der Waals surface area contributed by atoms with Crippen LogP contribution in [0.2, 0.25) is 0 Å². The zero-order valence-corrected chi connectivity index (χ0v) is 18.4. The van der Waals surface area contributed by atoms with Gasteiger partial charge in [0.2, 0.25) is 5.91 Å². The molecule has 5 rings (SSSR count). The number of carbonyl (C=O) groups excluding carboxylic acids is 2. The van der Waals surface area contributed by atoms with Crippen LogP contribution >= 0.6 is 0 Å². The molecule has 0 aromatic heterocycles. The largest absolute Gasteiger partial charge is 0.478 e. The lowest BCUT2D eigenvalue weighted by Gasteiger charge is -2.14. The number of nitrogens with one attached hydrogen (secondary N) is 2. The highest BCUT2D eigenvalue weighted by atomic mass is 16.5. The predicted molar refractivity (Wildman–Crippen MR) is 127 cm³/mol. The van der Waals surface area contributed by atoms with Crippen LogP contribution in [0, 0.1) is 11.8 Å². The van der Waals surface area contributed by atoms with Crippen molar-refractivity contribution in [1.29, 1.82) is 0 Å². The van der Waals surface area contributed by atoms with Crippen LogP contribution in [0.25, 0.3) is 11.1 Å². The summed E-state index contributed by atoms with van der Waals surface area (Å²) in [6, 6.07) is 22.4. The maximum absolute atomic E-state index is 12.4. The number of amides is 2. The molecule has 172 valence electrons. The standard InChI is InChI=1S/C27H24N2O5/c30-25(29-18-11-9-16(10-12-18)26(31)32)23-13-17(23)14-28-27(33)34-15-24-21-7-3-1-5-19(21)20-6-2-4-8-22(20)24/h1-12,17,23-24H,13-15H2,(H,28,33)(H,29,30)(H,31,32)/t17-,23-/m1/s1. The second-order valence-electron chi connectivity index (χ2n) is 8.68. The number of carboxylic acid groups (broad SMARTS) is 1. The van der Waals surface area contributed by atoms with Gasteiger partial charge in [-0.1, -0.05) is 48.5 Å². The Morgan fingerprint density at radius 3 is 2.12 bits per heavy atom. The number of fused-ring (bicyclic) bond motifs is 3. The van der Waals surface area contributed by atoms with Crippen molar-refractivity contribution < 1.29 is 24.2 Å². The second kappa shape index (κ2) is 9.02. The van der Waals surface area contributed by atoms with E-state index in [1.165, 1.54) is 23.3 Å². The Hall–Kier alpha value is -4.13. The molecule has 0 aliphatic heterocycles. The Morgan fingerprint density at radius 2 is 1.50 bits per heavy atom. The lowest BCUT2D eigenvalue weighted by molar-refractivity contribution is -0.117. The summed E-state index contributed by atoms with van der Waals surface area (Å²) in [5, 5.41) is 14.5. The van der Waals surface area contributed by atoms with E-state index >= 15 is 0 Å². The molecule has 2 amide bonds. The number of carboxylic acids is 1. The van der Waals surface area contributed by atoms with E-state index in [2.05, 4.69) is 34.9 Å². The van der Waals surface area contributed by atoms with Crippen molar-refractivity contribution >= 4 is 23.7 Å². The van der Waals surface area contributed by atoms with Crippen LogP contribution in [0.5, 0.6) is 0 Å². The van der Waals surface area contributed by atoms with Gasteiger partial charge in [0.05, 0.1) is 5.56 Å². The van der Waals surface area contributed by atoms with E-state index < -0.39 is 12.1 Å². The topological polar surface area (TPSA) is 105 Å². The van der Waals surface area contributed by atoms with Crippen molar-refractivity contribution in [3.8, 4) is 11.1 Å². The van der Waals surface area contributed by atoms with Crippen molar-refractivity contribution in [2.24, 2.45) is 11.8 Å². The van der Waals surface area contributed by atoms with Gasteiger partial charge in [-0.15, -0.1) is 0 Å². The minimum Gasteiger partial charge on any atom is -0.478 e. The minimum atomic E-state index is -1.01. The molecule has 1 saturated carbocycles. The monoisotopic (exact) mass is 456 g/mol. The minimum absolute atomic E-state index is 0.00474. The first kappa shape index (κ1) is 21.7. The molecule has 0 radical (unpaired) electrons. The molecule has 0 saturated heterocycles. The maximum Gasteiger partial charge on any atom is 0.407 e. The van der Waals surface area contributed by atoms with Crippen LogP contribution in [0.4, 0.5) is 10.5 Å².